The molecule has 0 atom stereocenters. The molecule has 0 aliphatic carbocycles. The van der Waals surface area contributed by atoms with Crippen LogP contribution in [0.25, 0.3) is 0 Å². The van der Waals surface area contributed by atoms with E-state index in [2.05, 4.69) is 0 Å². The lowest BCUT2D eigenvalue weighted by Crippen LogP contribution is -2.50. The summed E-state index contributed by atoms with van der Waals surface area (Å²) < 4.78 is 58.4. The molecule has 0 spiro atoms. The molecule has 2 heterocycles. The molecule has 0 saturated carbocycles. The van der Waals surface area contributed by atoms with Crippen molar-refractivity contribution < 1.29 is 26.4 Å². The van der Waals surface area contributed by atoms with Crippen molar-refractivity contribution in [3.63, 3.8) is 0 Å². The van der Waals surface area contributed by atoms with E-state index >= 15 is 0 Å². The number of halogens is 2. The standard InChI is InChI=1S/C16H16F2N2O4S/c1-11-2-5-14(24-11)16(21)19-6-8-20(9-7-19)25(22,23)15-10-12(17)3-4-13(15)18/h2-5,10H,6-9H2,1H3. The molecule has 3 rings (SSSR count). The van der Waals surface area contributed by atoms with Gasteiger partial charge in [-0.25, -0.2) is 17.2 Å². The number of benzene rings is 1. The zero-order valence-electron chi connectivity index (χ0n) is 13.4. The topological polar surface area (TPSA) is 70.8 Å². The van der Waals surface area contributed by atoms with Crippen LogP contribution in [0.3, 0.4) is 0 Å². The Balaban J connectivity index is 1.73. The molecule has 1 aromatic heterocycles. The lowest BCUT2D eigenvalue weighted by Gasteiger charge is -2.33. The average Bonchev–Trinajstić information content (AvgIpc) is 3.03. The number of piperazine rings is 1. The van der Waals surface area contributed by atoms with Crippen molar-refractivity contribution in [2.75, 3.05) is 26.2 Å². The summed E-state index contributed by atoms with van der Waals surface area (Å²) in [5.41, 5.74) is 0. The number of sulfonamides is 1. The lowest BCUT2D eigenvalue weighted by atomic mass is 10.3. The molecule has 0 bridgehead atoms. The van der Waals surface area contributed by atoms with Gasteiger partial charge in [-0.05, 0) is 37.3 Å². The van der Waals surface area contributed by atoms with Gasteiger partial charge in [-0.15, -0.1) is 0 Å². The second-order valence-corrected chi connectivity index (χ2v) is 7.59. The largest absolute Gasteiger partial charge is 0.456 e. The molecule has 1 aliphatic heterocycles. The van der Waals surface area contributed by atoms with Crippen molar-refractivity contribution >= 4 is 15.9 Å². The Labute approximate surface area is 143 Å². The van der Waals surface area contributed by atoms with Crippen molar-refractivity contribution in [3.8, 4) is 0 Å². The Morgan fingerprint density at radius 2 is 1.76 bits per heavy atom. The van der Waals surface area contributed by atoms with Crippen LogP contribution in [-0.4, -0.2) is 49.7 Å². The van der Waals surface area contributed by atoms with Gasteiger partial charge >= 0.3 is 0 Å². The number of carbonyl (C=O) groups is 1. The molecule has 0 radical (unpaired) electrons. The van der Waals surface area contributed by atoms with Crippen LogP contribution < -0.4 is 0 Å². The van der Waals surface area contributed by atoms with Crippen molar-refractivity contribution in [1.82, 2.24) is 9.21 Å². The van der Waals surface area contributed by atoms with E-state index in [1.807, 2.05) is 0 Å². The van der Waals surface area contributed by atoms with E-state index in [9.17, 15) is 22.0 Å². The Bertz CT molecular complexity index is 903. The van der Waals surface area contributed by atoms with Crippen LogP contribution in [0.4, 0.5) is 8.78 Å². The smallest absolute Gasteiger partial charge is 0.289 e. The summed E-state index contributed by atoms with van der Waals surface area (Å²) in [5, 5.41) is 0. The number of nitrogens with zero attached hydrogens (tertiary/aromatic N) is 2. The van der Waals surface area contributed by atoms with E-state index in [-0.39, 0.29) is 37.8 Å². The lowest BCUT2D eigenvalue weighted by molar-refractivity contribution is 0.0664. The second-order valence-electron chi connectivity index (χ2n) is 5.68. The molecule has 0 N–H and O–H groups in total. The second kappa shape index (κ2) is 6.57. The minimum atomic E-state index is -4.17. The van der Waals surface area contributed by atoms with Gasteiger partial charge in [-0.3, -0.25) is 4.79 Å². The van der Waals surface area contributed by atoms with Gasteiger partial charge in [0.25, 0.3) is 5.91 Å². The molecule has 9 heteroatoms. The highest BCUT2D eigenvalue weighted by Gasteiger charge is 2.33. The van der Waals surface area contributed by atoms with Crippen LogP contribution >= 0.6 is 0 Å². The van der Waals surface area contributed by atoms with E-state index < -0.39 is 26.6 Å². The molecule has 1 aromatic carbocycles. The molecule has 0 unspecified atom stereocenters. The predicted molar refractivity (Wildman–Crippen MR) is 84.5 cm³/mol. The first-order valence-corrected chi connectivity index (χ1v) is 9.04. The van der Waals surface area contributed by atoms with Crippen LogP contribution in [0.2, 0.25) is 0 Å². The number of rotatable bonds is 3. The molecule has 1 aliphatic rings. The molecule has 1 fully saturated rings. The minimum Gasteiger partial charge on any atom is -0.456 e. The quantitative estimate of drug-likeness (QED) is 0.829. The van der Waals surface area contributed by atoms with E-state index in [4.69, 9.17) is 4.42 Å². The number of hydrogen-bond acceptors (Lipinski definition) is 4. The fourth-order valence-corrected chi connectivity index (χ4v) is 4.15. The van der Waals surface area contributed by atoms with Crippen LogP contribution in [-0.2, 0) is 10.0 Å². The monoisotopic (exact) mass is 370 g/mol. The first-order valence-electron chi connectivity index (χ1n) is 7.60. The maximum Gasteiger partial charge on any atom is 0.289 e. The molecular weight excluding hydrogens is 354 g/mol. The maximum absolute atomic E-state index is 13.8. The molecule has 2 aromatic rings. The molecule has 1 saturated heterocycles. The van der Waals surface area contributed by atoms with Gasteiger partial charge in [0.15, 0.2) is 5.76 Å². The summed E-state index contributed by atoms with van der Waals surface area (Å²) in [4.78, 5) is 13.1. The van der Waals surface area contributed by atoms with Crippen LogP contribution in [0.15, 0.2) is 39.6 Å². The number of amides is 1. The summed E-state index contributed by atoms with van der Waals surface area (Å²) in [6.45, 7) is 1.96. The number of carbonyl (C=O) groups excluding carboxylic acids is 1. The number of furan rings is 1. The first-order chi connectivity index (χ1) is 11.8. The van der Waals surface area contributed by atoms with Gasteiger partial charge in [0.1, 0.15) is 22.3 Å². The number of aryl methyl sites for hydroxylation is 1. The molecule has 134 valence electrons. The van der Waals surface area contributed by atoms with Crippen molar-refractivity contribution in [3.05, 3.63) is 53.5 Å². The Morgan fingerprint density at radius 3 is 2.36 bits per heavy atom. The molecule has 6 nitrogen and oxygen atoms in total. The number of hydrogen-bond donors (Lipinski definition) is 0. The van der Waals surface area contributed by atoms with Crippen LogP contribution in [0, 0.1) is 18.6 Å². The average molecular weight is 370 g/mol. The zero-order valence-corrected chi connectivity index (χ0v) is 14.2. The van der Waals surface area contributed by atoms with Gasteiger partial charge in [0.2, 0.25) is 10.0 Å². The maximum atomic E-state index is 13.8. The van der Waals surface area contributed by atoms with Gasteiger partial charge in [-0.2, -0.15) is 4.31 Å². The predicted octanol–water partition coefficient (Wildman–Crippen LogP) is 2.01. The van der Waals surface area contributed by atoms with Crippen molar-refractivity contribution in [1.29, 1.82) is 0 Å². The van der Waals surface area contributed by atoms with Crippen molar-refractivity contribution in [2.45, 2.75) is 11.8 Å². The van der Waals surface area contributed by atoms with Gasteiger partial charge in [0, 0.05) is 26.2 Å². The highest BCUT2D eigenvalue weighted by Crippen LogP contribution is 2.22. The molecule has 1 amide bonds. The molecular formula is C16H16F2N2O4S. The van der Waals surface area contributed by atoms with Gasteiger partial charge in [-0.1, -0.05) is 0 Å². The van der Waals surface area contributed by atoms with Crippen molar-refractivity contribution in [2.24, 2.45) is 0 Å². The van der Waals surface area contributed by atoms with E-state index in [0.717, 1.165) is 16.4 Å². The van der Waals surface area contributed by atoms with Crippen LogP contribution in [0.5, 0.6) is 0 Å². The fourth-order valence-electron chi connectivity index (χ4n) is 2.65. The van der Waals surface area contributed by atoms with Gasteiger partial charge in [0.05, 0.1) is 0 Å². The Hall–Kier alpha value is -2.26. The third-order valence-electron chi connectivity index (χ3n) is 3.99. The Kier molecular flexibility index (Phi) is 4.61. The normalized spacial score (nSPS) is 16.2. The third kappa shape index (κ3) is 3.42. The highest BCUT2D eigenvalue weighted by atomic mass is 32.2. The summed E-state index contributed by atoms with van der Waals surface area (Å²) in [5.74, 6) is -1.38. The summed E-state index contributed by atoms with van der Waals surface area (Å²) in [6, 6.07) is 5.52. The zero-order chi connectivity index (χ0) is 18.2. The minimum absolute atomic E-state index is 0.0102. The van der Waals surface area contributed by atoms with E-state index in [1.54, 1.807) is 19.1 Å². The van der Waals surface area contributed by atoms with E-state index in [0.29, 0.717) is 11.8 Å². The summed E-state index contributed by atoms with van der Waals surface area (Å²) >= 11 is 0. The summed E-state index contributed by atoms with van der Waals surface area (Å²) in [7, 11) is -4.17. The molecule has 25 heavy (non-hydrogen) atoms. The third-order valence-corrected chi connectivity index (χ3v) is 5.90. The fraction of sp³-hybridized carbons (Fsp3) is 0.312. The van der Waals surface area contributed by atoms with E-state index in [1.165, 1.54) is 4.90 Å². The summed E-state index contributed by atoms with van der Waals surface area (Å²) in [6.07, 6.45) is 0. The SMILES string of the molecule is Cc1ccc(C(=O)N2CCN(S(=O)(=O)c3cc(F)ccc3F)CC2)o1. The highest BCUT2D eigenvalue weighted by molar-refractivity contribution is 7.89. The van der Waals surface area contributed by atoms with Crippen LogP contribution in [0.1, 0.15) is 16.3 Å². The Morgan fingerprint density at radius 1 is 1.08 bits per heavy atom. The first kappa shape index (κ1) is 17.6. The van der Waals surface area contributed by atoms with Gasteiger partial charge < -0.3 is 9.32 Å².